The van der Waals surface area contributed by atoms with Gasteiger partial charge in [0.1, 0.15) is 0 Å². The van der Waals surface area contributed by atoms with E-state index in [1.54, 1.807) is 0 Å². The van der Waals surface area contributed by atoms with E-state index in [0.29, 0.717) is 5.91 Å². The molecule has 1 saturated heterocycles. The zero-order valence-electron chi connectivity index (χ0n) is 13.1. The molecule has 0 saturated carbocycles. The Kier molecular flexibility index (Phi) is 10.4. The van der Waals surface area contributed by atoms with Gasteiger partial charge in [-0.25, -0.2) is 0 Å². The number of hydrogen-bond donors (Lipinski definition) is 0. The van der Waals surface area contributed by atoms with Gasteiger partial charge in [-0.05, 0) is 19.4 Å². The third kappa shape index (κ3) is 7.63. The van der Waals surface area contributed by atoms with Gasteiger partial charge in [-0.15, -0.1) is 0 Å². The van der Waals surface area contributed by atoms with E-state index in [1.807, 2.05) is 0 Å². The number of nitrogens with zero attached hydrogens (tertiary/aromatic N) is 2. The van der Waals surface area contributed by atoms with Gasteiger partial charge >= 0.3 is 0 Å². The van der Waals surface area contributed by atoms with Crippen molar-refractivity contribution in [1.29, 1.82) is 0 Å². The predicted molar refractivity (Wildman–Crippen MR) is 89.4 cm³/mol. The Bertz CT molecular complexity index is 261. The van der Waals surface area contributed by atoms with Crippen LogP contribution in [0.25, 0.3) is 0 Å². The zero-order valence-corrected chi connectivity index (χ0v) is 14.7. The van der Waals surface area contributed by atoms with Gasteiger partial charge < -0.3 is 9.80 Å². The molecule has 1 fully saturated rings. The van der Waals surface area contributed by atoms with Gasteiger partial charge in [-0.3, -0.25) is 4.79 Å². The molecule has 0 unspecified atom stereocenters. The van der Waals surface area contributed by atoms with E-state index >= 15 is 0 Å². The normalized spacial score (nSPS) is 17.2. The maximum Gasteiger partial charge on any atom is 0.222 e. The van der Waals surface area contributed by atoms with E-state index in [-0.39, 0.29) is 0 Å². The molecule has 0 bridgehead atoms. The fraction of sp³-hybridized carbons (Fsp3) is 0.938. The summed E-state index contributed by atoms with van der Waals surface area (Å²) in [5.74, 6) is 0.376. The second kappa shape index (κ2) is 11.6. The molecule has 20 heavy (non-hydrogen) atoms. The molecule has 0 atom stereocenters. The van der Waals surface area contributed by atoms with Gasteiger partial charge in [-0.1, -0.05) is 55.0 Å². The molecular formula is C16H31BrN2O. The Hall–Kier alpha value is -0.0900. The average Bonchev–Trinajstić information content (AvgIpc) is 2.68. The number of hydrogen-bond acceptors (Lipinski definition) is 2. The fourth-order valence-corrected chi connectivity index (χ4v) is 3.28. The van der Waals surface area contributed by atoms with E-state index in [0.717, 1.165) is 57.3 Å². The minimum Gasteiger partial charge on any atom is -0.341 e. The van der Waals surface area contributed by atoms with E-state index in [4.69, 9.17) is 0 Å². The Morgan fingerprint density at radius 2 is 1.75 bits per heavy atom. The minimum absolute atomic E-state index is 0.376. The Morgan fingerprint density at radius 3 is 2.50 bits per heavy atom. The quantitative estimate of drug-likeness (QED) is 0.469. The van der Waals surface area contributed by atoms with Crippen molar-refractivity contribution in [1.82, 2.24) is 9.80 Å². The second-order valence-electron chi connectivity index (χ2n) is 5.78. The van der Waals surface area contributed by atoms with Crippen LogP contribution in [0.1, 0.15) is 58.3 Å². The lowest BCUT2D eigenvalue weighted by Gasteiger charge is -2.21. The highest BCUT2D eigenvalue weighted by molar-refractivity contribution is 9.09. The number of halogens is 1. The lowest BCUT2D eigenvalue weighted by atomic mass is 10.1. The number of alkyl halides is 1. The number of amides is 1. The molecule has 0 N–H and O–H groups in total. The molecule has 1 heterocycles. The highest BCUT2D eigenvalue weighted by atomic mass is 79.9. The van der Waals surface area contributed by atoms with Gasteiger partial charge in [0.2, 0.25) is 5.91 Å². The number of rotatable bonds is 9. The first-order valence-electron chi connectivity index (χ1n) is 8.34. The molecule has 0 aromatic heterocycles. The van der Waals surface area contributed by atoms with Crippen LogP contribution < -0.4 is 0 Å². The van der Waals surface area contributed by atoms with Crippen LogP contribution in [0.3, 0.4) is 0 Å². The average molecular weight is 347 g/mol. The van der Waals surface area contributed by atoms with Crippen molar-refractivity contribution in [2.45, 2.75) is 58.3 Å². The van der Waals surface area contributed by atoms with Gasteiger partial charge in [0.25, 0.3) is 0 Å². The first-order valence-corrected chi connectivity index (χ1v) is 9.46. The van der Waals surface area contributed by atoms with E-state index < -0.39 is 0 Å². The van der Waals surface area contributed by atoms with E-state index in [1.165, 1.54) is 32.1 Å². The van der Waals surface area contributed by atoms with Gasteiger partial charge in [0.15, 0.2) is 0 Å². The molecule has 1 rings (SSSR count). The molecule has 0 radical (unpaired) electrons. The van der Waals surface area contributed by atoms with Crippen molar-refractivity contribution in [2.24, 2.45) is 0 Å². The maximum absolute atomic E-state index is 12.2. The molecular weight excluding hydrogens is 316 g/mol. The SMILES string of the molecule is CCCCCCCCC(=O)N1CCCN(CCBr)CC1. The molecule has 1 aliphatic rings. The Labute approximate surface area is 133 Å². The highest BCUT2D eigenvalue weighted by Gasteiger charge is 2.18. The maximum atomic E-state index is 12.2. The summed E-state index contributed by atoms with van der Waals surface area (Å²) >= 11 is 3.49. The number of carbonyl (C=O) groups is 1. The van der Waals surface area contributed by atoms with E-state index in [9.17, 15) is 4.79 Å². The van der Waals surface area contributed by atoms with Crippen molar-refractivity contribution >= 4 is 21.8 Å². The summed E-state index contributed by atoms with van der Waals surface area (Å²) in [6.07, 6.45) is 9.41. The van der Waals surface area contributed by atoms with Crippen LogP contribution in [0.2, 0.25) is 0 Å². The van der Waals surface area contributed by atoms with Crippen LogP contribution in [0.4, 0.5) is 0 Å². The standard InChI is InChI=1S/C16H31BrN2O/c1-2-3-4-5-6-7-9-16(20)19-12-8-11-18(13-10-17)14-15-19/h2-15H2,1H3. The van der Waals surface area contributed by atoms with Crippen molar-refractivity contribution in [3.05, 3.63) is 0 Å². The molecule has 0 aromatic rings. The fourth-order valence-electron chi connectivity index (χ4n) is 2.78. The topological polar surface area (TPSA) is 23.6 Å². The molecule has 0 aromatic carbocycles. The minimum atomic E-state index is 0.376. The smallest absolute Gasteiger partial charge is 0.222 e. The molecule has 0 aliphatic carbocycles. The summed E-state index contributed by atoms with van der Waals surface area (Å²) < 4.78 is 0. The van der Waals surface area contributed by atoms with Crippen LogP contribution in [0, 0.1) is 0 Å². The molecule has 3 nitrogen and oxygen atoms in total. The zero-order chi connectivity index (χ0) is 14.6. The van der Waals surface area contributed by atoms with Crippen LogP contribution in [0.5, 0.6) is 0 Å². The van der Waals surface area contributed by atoms with Gasteiger partial charge in [0, 0.05) is 37.9 Å². The van der Waals surface area contributed by atoms with E-state index in [2.05, 4.69) is 32.7 Å². The van der Waals surface area contributed by atoms with Crippen molar-refractivity contribution in [3.63, 3.8) is 0 Å². The number of unbranched alkanes of at least 4 members (excludes halogenated alkanes) is 5. The molecule has 1 amide bonds. The van der Waals surface area contributed by atoms with Crippen molar-refractivity contribution in [3.8, 4) is 0 Å². The summed E-state index contributed by atoms with van der Waals surface area (Å²) in [7, 11) is 0. The van der Waals surface area contributed by atoms with Crippen LogP contribution >= 0.6 is 15.9 Å². The Morgan fingerprint density at radius 1 is 1.00 bits per heavy atom. The van der Waals surface area contributed by atoms with Crippen molar-refractivity contribution in [2.75, 3.05) is 38.1 Å². The largest absolute Gasteiger partial charge is 0.341 e. The molecule has 0 spiro atoms. The first-order chi connectivity index (χ1) is 9.77. The summed E-state index contributed by atoms with van der Waals surface area (Å²) in [4.78, 5) is 16.7. The van der Waals surface area contributed by atoms with Crippen molar-refractivity contribution < 1.29 is 4.79 Å². The lowest BCUT2D eigenvalue weighted by Crippen LogP contribution is -2.35. The molecule has 4 heteroatoms. The second-order valence-corrected chi connectivity index (χ2v) is 6.58. The number of carbonyl (C=O) groups excluding carboxylic acids is 1. The third-order valence-electron chi connectivity index (χ3n) is 4.09. The highest BCUT2D eigenvalue weighted by Crippen LogP contribution is 2.10. The summed E-state index contributed by atoms with van der Waals surface area (Å²) in [6, 6.07) is 0. The van der Waals surface area contributed by atoms with Crippen LogP contribution in [-0.2, 0) is 4.79 Å². The van der Waals surface area contributed by atoms with Crippen LogP contribution in [-0.4, -0.2) is 53.8 Å². The van der Waals surface area contributed by atoms with Gasteiger partial charge in [0.05, 0.1) is 0 Å². The van der Waals surface area contributed by atoms with Gasteiger partial charge in [-0.2, -0.15) is 0 Å². The summed E-state index contributed by atoms with van der Waals surface area (Å²) in [5.41, 5.74) is 0. The molecule has 1 aliphatic heterocycles. The van der Waals surface area contributed by atoms with Crippen LogP contribution in [0.15, 0.2) is 0 Å². The predicted octanol–water partition coefficient (Wildman–Crippen LogP) is 3.67. The lowest BCUT2D eigenvalue weighted by molar-refractivity contribution is -0.131. The monoisotopic (exact) mass is 346 g/mol. The molecule has 118 valence electrons. The summed E-state index contributed by atoms with van der Waals surface area (Å²) in [5, 5.41) is 1.03. The Balaban J connectivity index is 2.13. The summed E-state index contributed by atoms with van der Waals surface area (Å²) in [6.45, 7) is 7.37. The third-order valence-corrected chi connectivity index (χ3v) is 4.44. The first kappa shape index (κ1) is 18.0.